The molecular formula is C57H39N3O2. The molecular weight excluding hydrogens is 759 g/mol. The predicted octanol–water partition coefficient (Wildman–Crippen LogP) is 14.7. The largest absolute Gasteiger partial charge is 0.507 e. The quantitative estimate of drug-likeness (QED) is 0.122. The van der Waals surface area contributed by atoms with Crippen molar-refractivity contribution >= 4 is 44.0 Å². The zero-order valence-corrected chi connectivity index (χ0v) is 33.7. The van der Waals surface area contributed by atoms with E-state index >= 15 is 0 Å². The summed E-state index contributed by atoms with van der Waals surface area (Å²) < 4.78 is 6.69. The molecule has 1 aliphatic carbocycles. The number of benzene rings is 8. The molecule has 5 nitrogen and oxygen atoms in total. The molecule has 294 valence electrons. The normalized spacial score (nSPS) is 14.3. The van der Waals surface area contributed by atoms with Crippen LogP contribution in [0.2, 0.25) is 0 Å². The van der Waals surface area contributed by atoms with Crippen LogP contribution in [0, 0.1) is 0 Å². The van der Waals surface area contributed by atoms with Crippen LogP contribution >= 0.6 is 0 Å². The smallest absolute Gasteiger partial charge is 0.164 e. The van der Waals surface area contributed by atoms with Gasteiger partial charge in [0.1, 0.15) is 16.9 Å². The monoisotopic (exact) mass is 797 g/mol. The number of fused-ring (bicyclic) bond motifs is 4. The van der Waals surface area contributed by atoms with Gasteiger partial charge in [-0.25, -0.2) is 15.0 Å². The Bertz CT molecular complexity index is 3310. The van der Waals surface area contributed by atoms with Gasteiger partial charge < -0.3 is 9.52 Å². The van der Waals surface area contributed by atoms with Gasteiger partial charge in [0, 0.05) is 44.5 Å². The van der Waals surface area contributed by atoms with Gasteiger partial charge in [0.05, 0.1) is 0 Å². The van der Waals surface area contributed by atoms with Gasteiger partial charge in [0.2, 0.25) is 0 Å². The number of nitrogens with zero attached hydrogens (tertiary/aromatic N) is 3. The Labute approximate surface area is 359 Å². The van der Waals surface area contributed by atoms with Crippen molar-refractivity contribution in [3.05, 3.63) is 235 Å². The highest BCUT2D eigenvalue weighted by Crippen LogP contribution is 2.45. The van der Waals surface area contributed by atoms with Crippen LogP contribution < -0.4 is 0 Å². The summed E-state index contributed by atoms with van der Waals surface area (Å²) in [6, 6.07) is 65.8. The first kappa shape index (κ1) is 36.9. The van der Waals surface area contributed by atoms with Gasteiger partial charge in [-0.2, -0.15) is 0 Å². The Balaban J connectivity index is 1.09. The molecule has 1 N–H and O–H groups in total. The summed E-state index contributed by atoms with van der Waals surface area (Å²) in [6.45, 7) is 0. The van der Waals surface area contributed by atoms with E-state index in [1.807, 2.05) is 121 Å². The maximum atomic E-state index is 11.9. The molecule has 0 aliphatic heterocycles. The van der Waals surface area contributed by atoms with E-state index in [2.05, 4.69) is 91.0 Å². The lowest BCUT2D eigenvalue weighted by Crippen LogP contribution is -2.03. The minimum absolute atomic E-state index is 0.0113. The molecule has 11 rings (SSSR count). The minimum Gasteiger partial charge on any atom is -0.507 e. The molecule has 1 atom stereocenters. The summed E-state index contributed by atoms with van der Waals surface area (Å²) in [5.74, 6) is 2.12. The number of aromatic nitrogens is 3. The van der Waals surface area contributed by atoms with Crippen LogP contribution in [0.15, 0.2) is 222 Å². The Morgan fingerprint density at radius 3 is 1.68 bits per heavy atom. The second kappa shape index (κ2) is 15.8. The molecule has 0 radical (unpaired) electrons. The van der Waals surface area contributed by atoms with Gasteiger partial charge in [-0.05, 0) is 69.3 Å². The molecule has 2 aromatic heterocycles. The third-order valence-corrected chi connectivity index (χ3v) is 11.8. The number of hydrogen-bond donors (Lipinski definition) is 1. The van der Waals surface area contributed by atoms with Crippen molar-refractivity contribution in [3.63, 3.8) is 0 Å². The highest BCUT2D eigenvalue weighted by atomic mass is 16.3. The van der Waals surface area contributed by atoms with Crippen LogP contribution in [0.3, 0.4) is 0 Å². The van der Waals surface area contributed by atoms with E-state index < -0.39 is 0 Å². The topological polar surface area (TPSA) is 72.0 Å². The van der Waals surface area contributed by atoms with Crippen LogP contribution in [0.4, 0.5) is 0 Å². The molecule has 5 heteroatoms. The summed E-state index contributed by atoms with van der Waals surface area (Å²) >= 11 is 0. The van der Waals surface area contributed by atoms with Crippen molar-refractivity contribution in [2.24, 2.45) is 0 Å². The van der Waals surface area contributed by atoms with E-state index in [-0.39, 0.29) is 11.7 Å². The molecule has 10 aromatic rings. The second-order valence-electron chi connectivity index (χ2n) is 15.6. The molecule has 0 amide bonds. The van der Waals surface area contributed by atoms with E-state index in [0.717, 1.165) is 94.8 Å². The number of furan rings is 1. The lowest BCUT2D eigenvalue weighted by molar-refractivity contribution is 0.513. The van der Waals surface area contributed by atoms with Crippen LogP contribution in [-0.4, -0.2) is 20.1 Å². The number of para-hydroxylation sites is 1. The van der Waals surface area contributed by atoms with E-state index in [4.69, 9.17) is 19.4 Å². The summed E-state index contributed by atoms with van der Waals surface area (Å²) in [5.41, 5.74) is 11.3. The second-order valence-corrected chi connectivity index (χ2v) is 15.6. The zero-order valence-electron chi connectivity index (χ0n) is 33.7. The molecule has 0 fully saturated rings. The van der Waals surface area contributed by atoms with Gasteiger partial charge in [-0.3, -0.25) is 0 Å². The molecule has 1 aliphatic rings. The number of aliphatic hydroxyl groups is 1. The molecule has 1 unspecified atom stereocenters. The number of hydrogen-bond acceptors (Lipinski definition) is 5. The number of allylic oxidation sites excluding steroid dienone is 5. The summed E-state index contributed by atoms with van der Waals surface area (Å²) in [4.78, 5) is 15.2. The van der Waals surface area contributed by atoms with E-state index in [0.29, 0.717) is 17.5 Å². The molecule has 8 aromatic carbocycles. The number of rotatable bonds is 8. The van der Waals surface area contributed by atoms with Crippen molar-refractivity contribution in [2.75, 3.05) is 0 Å². The van der Waals surface area contributed by atoms with Crippen LogP contribution in [0.25, 0.3) is 89.3 Å². The third-order valence-electron chi connectivity index (χ3n) is 11.8. The Morgan fingerprint density at radius 1 is 0.484 bits per heavy atom. The highest BCUT2D eigenvalue weighted by molar-refractivity contribution is 6.16. The van der Waals surface area contributed by atoms with Crippen molar-refractivity contribution < 1.29 is 9.52 Å². The average Bonchev–Trinajstić information content (AvgIpc) is 3.73. The predicted molar refractivity (Wildman–Crippen MR) is 253 cm³/mol. The molecule has 0 bridgehead atoms. The molecule has 0 saturated heterocycles. The SMILES string of the molecule is O/C(=C(/C1=CC(c2cc(-c3ccc(-c4nc(-c5ccccc5)nc(-c5ccccc5)n4)c4ccccc34)c3c(c2)oc2ccccc23)CC=C1)c1ccccc1)c1ccccc1. The van der Waals surface area contributed by atoms with Gasteiger partial charge in [0.25, 0.3) is 0 Å². The first-order chi connectivity index (χ1) is 30.7. The van der Waals surface area contributed by atoms with Gasteiger partial charge in [0.15, 0.2) is 17.5 Å². The fourth-order valence-corrected chi connectivity index (χ4v) is 8.83. The van der Waals surface area contributed by atoms with Gasteiger partial charge >= 0.3 is 0 Å². The third kappa shape index (κ3) is 6.76. The lowest BCUT2D eigenvalue weighted by atomic mass is 9.83. The summed E-state index contributed by atoms with van der Waals surface area (Å²) in [7, 11) is 0. The van der Waals surface area contributed by atoms with Gasteiger partial charge in [-0.15, -0.1) is 0 Å². The standard InChI is InChI=1S/C57H39N3O2/c61-54(38-20-7-2-8-21-38)52(37-18-5-1-6-19-37)42-27-17-26-41(34-42)43-35-49(53-48-30-15-16-31-50(48)62-51(53)36-43)46-32-33-47(45-29-14-13-28-44(45)46)57-59-55(39-22-9-3-10-23-39)58-56(60-57)40-24-11-4-12-25-40/h1-25,27-36,41,61H,26H2/b54-52+. The Kier molecular flexibility index (Phi) is 9.40. The van der Waals surface area contributed by atoms with E-state index in [1.54, 1.807) is 0 Å². The Hall–Kier alpha value is -8.15. The minimum atomic E-state index is 0.0113. The molecule has 0 spiro atoms. The van der Waals surface area contributed by atoms with Crippen LogP contribution in [0.5, 0.6) is 0 Å². The maximum Gasteiger partial charge on any atom is 0.164 e. The van der Waals surface area contributed by atoms with Gasteiger partial charge in [-0.1, -0.05) is 188 Å². The molecule has 2 heterocycles. The fraction of sp³-hybridized carbons (Fsp3) is 0.0351. The first-order valence-corrected chi connectivity index (χ1v) is 20.9. The van der Waals surface area contributed by atoms with E-state index in [1.165, 1.54) is 0 Å². The van der Waals surface area contributed by atoms with E-state index in [9.17, 15) is 5.11 Å². The molecule has 62 heavy (non-hydrogen) atoms. The lowest BCUT2D eigenvalue weighted by Gasteiger charge is -2.22. The average molecular weight is 798 g/mol. The Morgan fingerprint density at radius 2 is 1.02 bits per heavy atom. The fourth-order valence-electron chi connectivity index (χ4n) is 8.83. The van der Waals surface area contributed by atoms with Crippen molar-refractivity contribution in [2.45, 2.75) is 12.3 Å². The molecule has 0 saturated carbocycles. The number of aliphatic hydroxyl groups excluding tert-OH is 1. The van der Waals surface area contributed by atoms with Crippen LogP contribution in [0.1, 0.15) is 29.0 Å². The zero-order chi connectivity index (χ0) is 41.4. The van der Waals surface area contributed by atoms with Crippen molar-refractivity contribution in [3.8, 4) is 45.3 Å². The maximum absolute atomic E-state index is 11.9. The van der Waals surface area contributed by atoms with Crippen molar-refractivity contribution in [1.82, 2.24) is 15.0 Å². The summed E-state index contributed by atoms with van der Waals surface area (Å²) in [6.07, 6.45) is 7.45. The first-order valence-electron chi connectivity index (χ1n) is 20.9. The van der Waals surface area contributed by atoms with Crippen molar-refractivity contribution in [1.29, 1.82) is 0 Å². The van der Waals surface area contributed by atoms with Crippen LogP contribution in [-0.2, 0) is 0 Å². The summed E-state index contributed by atoms with van der Waals surface area (Å²) in [5, 5.41) is 16.1. The highest BCUT2D eigenvalue weighted by Gasteiger charge is 2.24.